The predicted octanol–water partition coefficient (Wildman–Crippen LogP) is 7.69. The van der Waals surface area contributed by atoms with E-state index in [1.165, 1.54) is 27.8 Å². The summed E-state index contributed by atoms with van der Waals surface area (Å²) in [6, 6.07) is 36.0. The lowest BCUT2D eigenvalue weighted by molar-refractivity contribution is 0.425. The number of nitrogen functional groups attached to an aromatic ring is 2. The van der Waals surface area contributed by atoms with Gasteiger partial charge in [-0.3, -0.25) is 0 Å². The molecule has 204 valence electrons. The van der Waals surface area contributed by atoms with E-state index in [1.807, 2.05) is 37.3 Å². The Balaban J connectivity index is 0.000000193. The molecule has 0 fully saturated rings. The number of nitrogens with two attached hydrogens (primary N) is 2. The summed E-state index contributed by atoms with van der Waals surface area (Å²) in [5.41, 5.74) is 22.1. The fourth-order valence-electron chi connectivity index (χ4n) is 3.96. The Bertz CT molecular complexity index is 1570. The van der Waals surface area contributed by atoms with Gasteiger partial charge in [0.25, 0.3) is 0 Å². The van der Waals surface area contributed by atoms with E-state index < -0.39 is 7.12 Å². The van der Waals surface area contributed by atoms with Gasteiger partial charge in [0.15, 0.2) is 0 Å². The smallest absolute Gasteiger partial charge is 0.423 e. The number of hydrogen-bond donors (Lipinski definition) is 4. The predicted molar refractivity (Wildman–Crippen MR) is 178 cm³/mol. The van der Waals surface area contributed by atoms with E-state index in [4.69, 9.17) is 21.5 Å². The first-order valence-electron chi connectivity index (χ1n) is 12.7. The molecule has 6 N–H and O–H groups in total. The van der Waals surface area contributed by atoms with Gasteiger partial charge < -0.3 is 21.5 Å². The second-order valence-corrected chi connectivity index (χ2v) is 11.3. The number of benzene rings is 5. The molecule has 5 aromatic carbocycles. The maximum atomic E-state index is 8.70. The lowest BCUT2D eigenvalue weighted by Crippen LogP contribution is -2.29. The van der Waals surface area contributed by atoms with Crippen LogP contribution in [0.15, 0.2) is 118 Å². The van der Waals surface area contributed by atoms with Crippen LogP contribution in [-0.2, 0) is 0 Å². The summed E-state index contributed by atoms with van der Waals surface area (Å²) in [6.45, 7) is 6.12. The van der Waals surface area contributed by atoms with Crippen molar-refractivity contribution in [2.24, 2.45) is 0 Å². The molecule has 0 saturated carbocycles. The maximum absolute atomic E-state index is 8.70. The molecule has 0 saturated heterocycles. The highest BCUT2D eigenvalue weighted by atomic mass is 79.9. The lowest BCUT2D eigenvalue weighted by Gasteiger charge is -2.10. The summed E-state index contributed by atoms with van der Waals surface area (Å²) in [5, 5.41) is 17.4. The number of aryl methyl sites for hydroxylation is 3. The zero-order chi connectivity index (χ0) is 29.2. The number of rotatable bonds is 3. The molecule has 0 atom stereocenters. The standard InChI is InChI=1S/C20H19N.C7H9BO2.C6H5Br2N/c1-14-5-3-7-16(11-14)17-9-10-20(21)19(13-17)18-8-4-6-15(2)12-18;1-6-3-2-4-7(5-6)8(9)10;7-4-1-2-6(9)5(8)3-4/h3-13H,21H2,1-2H3;2-5,9-10H,1H3;1-3H,9H2. The third-order valence-electron chi connectivity index (χ3n) is 6.04. The Morgan fingerprint density at radius 1 is 0.550 bits per heavy atom. The third kappa shape index (κ3) is 9.38. The van der Waals surface area contributed by atoms with Crippen molar-refractivity contribution in [3.63, 3.8) is 0 Å². The molecule has 0 unspecified atom stereocenters. The molecule has 7 heteroatoms. The summed E-state index contributed by atoms with van der Waals surface area (Å²) in [5.74, 6) is 0. The Labute approximate surface area is 254 Å². The van der Waals surface area contributed by atoms with Crippen LogP contribution in [0.2, 0.25) is 0 Å². The molecule has 4 nitrogen and oxygen atoms in total. The van der Waals surface area contributed by atoms with Gasteiger partial charge >= 0.3 is 7.12 Å². The first kappa shape index (κ1) is 31.2. The molecule has 0 amide bonds. The van der Waals surface area contributed by atoms with E-state index in [9.17, 15) is 0 Å². The maximum Gasteiger partial charge on any atom is 0.488 e. The zero-order valence-electron chi connectivity index (χ0n) is 22.8. The Hall–Kier alpha value is -3.36. The van der Waals surface area contributed by atoms with Gasteiger partial charge in [0.2, 0.25) is 0 Å². The number of hydrogen-bond acceptors (Lipinski definition) is 4. The van der Waals surface area contributed by atoms with Crippen LogP contribution in [-0.4, -0.2) is 17.2 Å². The summed E-state index contributed by atoms with van der Waals surface area (Å²) >= 11 is 6.60. The van der Waals surface area contributed by atoms with Crippen LogP contribution in [0.25, 0.3) is 22.3 Å². The fourth-order valence-corrected chi connectivity index (χ4v) is 5.00. The van der Waals surface area contributed by atoms with Crippen molar-refractivity contribution < 1.29 is 10.0 Å². The fraction of sp³-hybridized carbons (Fsp3) is 0.0909. The van der Waals surface area contributed by atoms with Crippen LogP contribution in [0.5, 0.6) is 0 Å². The SMILES string of the molecule is Cc1cccc(-c2ccc(N)c(-c3cccc(C)c3)c2)c1.Cc1cccc(B(O)O)c1.Nc1ccc(Br)cc1Br. The van der Waals surface area contributed by atoms with Crippen molar-refractivity contribution in [1.29, 1.82) is 0 Å². The minimum atomic E-state index is -1.35. The first-order valence-corrected chi connectivity index (χ1v) is 14.3. The van der Waals surface area contributed by atoms with Gasteiger partial charge in [-0.25, -0.2) is 0 Å². The van der Waals surface area contributed by atoms with E-state index in [1.54, 1.807) is 18.2 Å². The molecule has 0 aliphatic heterocycles. The van der Waals surface area contributed by atoms with Gasteiger partial charge in [-0.05, 0) is 89.2 Å². The Morgan fingerprint density at radius 3 is 1.60 bits per heavy atom. The van der Waals surface area contributed by atoms with Crippen molar-refractivity contribution in [3.8, 4) is 22.3 Å². The second-order valence-electron chi connectivity index (χ2n) is 9.49. The molecule has 0 heterocycles. The van der Waals surface area contributed by atoms with Gasteiger partial charge in [0.05, 0.1) is 0 Å². The minimum absolute atomic E-state index is 0.542. The highest BCUT2D eigenvalue weighted by molar-refractivity contribution is 9.11. The summed E-state index contributed by atoms with van der Waals surface area (Å²) in [6.07, 6.45) is 0. The summed E-state index contributed by atoms with van der Waals surface area (Å²) in [7, 11) is -1.35. The molecule has 0 radical (unpaired) electrons. The van der Waals surface area contributed by atoms with Crippen LogP contribution >= 0.6 is 31.9 Å². The van der Waals surface area contributed by atoms with Crippen LogP contribution in [0, 0.1) is 20.8 Å². The molecule has 0 aliphatic carbocycles. The third-order valence-corrected chi connectivity index (χ3v) is 7.22. The molecule has 5 rings (SSSR count). The normalized spacial score (nSPS) is 10.1. The van der Waals surface area contributed by atoms with E-state index in [-0.39, 0.29) is 0 Å². The highest BCUT2D eigenvalue weighted by Gasteiger charge is 2.09. The van der Waals surface area contributed by atoms with Gasteiger partial charge in [-0.2, -0.15) is 0 Å². The molecule has 40 heavy (non-hydrogen) atoms. The van der Waals surface area contributed by atoms with Gasteiger partial charge in [-0.15, -0.1) is 0 Å². The second kappa shape index (κ2) is 14.9. The zero-order valence-corrected chi connectivity index (χ0v) is 25.9. The van der Waals surface area contributed by atoms with E-state index in [0.717, 1.165) is 31.4 Å². The van der Waals surface area contributed by atoms with E-state index in [0.29, 0.717) is 5.46 Å². The van der Waals surface area contributed by atoms with Crippen LogP contribution < -0.4 is 16.9 Å². The average molecular weight is 660 g/mol. The molecule has 0 aliphatic rings. The molecule has 0 bridgehead atoms. The van der Waals surface area contributed by atoms with Crippen molar-refractivity contribution in [2.45, 2.75) is 20.8 Å². The lowest BCUT2D eigenvalue weighted by atomic mass is 9.80. The molecule has 5 aromatic rings. The largest absolute Gasteiger partial charge is 0.488 e. The minimum Gasteiger partial charge on any atom is -0.423 e. The molecular weight excluding hydrogens is 627 g/mol. The average Bonchev–Trinajstić information content (AvgIpc) is 2.92. The molecular formula is C33H33BBr2N2O2. The van der Waals surface area contributed by atoms with Crippen molar-refractivity contribution >= 4 is 55.8 Å². The number of halogens is 2. The van der Waals surface area contributed by atoms with Crippen molar-refractivity contribution in [3.05, 3.63) is 135 Å². The summed E-state index contributed by atoms with van der Waals surface area (Å²) in [4.78, 5) is 0. The Kier molecular flexibility index (Phi) is 11.6. The van der Waals surface area contributed by atoms with Gasteiger partial charge in [0, 0.05) is 25.9 Å². The Morgan fingerprint density at radius 2 is 1.07 bits per heavy atom. The van der Waals surface area contributed by atoms with E-state index in [2.05, 4.69) is 106 Å². The van der Waals surface area contributed by atoms with Crippen LogP contribution in [0.4, 0.5) is 11.4 Å². The highest BCUT2D eigenvalue weighted by Crippen LogP contribution is 2.32. The van der Waals surface area contributed by atoms with Crippen molar-refractivity contribution in [2.75, 3.05) is 11.5 Å². The topological polar surface area (TPSA) is 92.5 Å². The monoisotopic (exact) mass is 658 g/mol. The van der Waals surface area contributed by atoms with Crippen molar-refractivity contribution in [1.82, 2.24) is 0 Å². The first-order chi connectivity index (χ1) is 19.0. The van der Waals surface area contributed by atoms with Crippen LogP contribution in [0.1, 0.15) is 16.7 Å². The summed E-state index contributed by atoms with van der Waals surface area (Å²) < 4.78 is 1.96. The van der Waals surface area contributed by atoms with Crippen LogP contribution in [0.3, 0.4) is 0 Å². The quantitative estimate of drug-likeness (QED) is 0.118. The molecule has 0 aromatic heterocycles. The number of anilines is 2. The van der Waals surface area contributed by atoms with Gasteiger partial charge in [0.1, 0.15) is 0 Å². The molecule has 0 spiro atoms. The van der Waals surface area contributed by atoms with E-state index >= 15 is 0 Å². The van der Waals surface area contributed by atoms with Gasteiger partial charge in [-0.1, -0.05) is 111 Å².